The zero-order valence-corrected chi connectivity index (χ0v) is 11.6. The van der Waals surface area contributed by atoms with Gasteiger partial charge in [-0.2, -0.15) is 0 Å². The normalized spacial score (nSPS) is 10.4. The Labute approximate surface area is 126 Å². The highest BCUT2D eigenvalue weighted by Gasteiger charge is 2.13. The van der Waals surface area contributed by atoms with Crippen LogP contribution in [0.15, 0.2) is 65.2 Å². The maximum absolute atomic E-state index is 10.7. The van der Waals surface area contributed by atoms with E-state index in [-0.39, 0.29) is 0 Å². The molecule has 22 heavy (non-hydrogen) atoms. The third-order valence-corrected chi connectivity index (χ3v) is 3.08. The van der Waals surface area contributed by atoms with Crippen molar-refractivity contribution in [3.8, 4) is 28.3 Å². The number of benzene rings is 2. The number of aliphatic carboxylic acids is 1. The molecular formula is C17H13NO4. The van der Waals surface area contributed by atoms with Gasteiger partial charge in [0.25, 0.3) is 0 Å². The average Bonchev–Trinajstić information content (AvgIpc) is 3.04. The largest absolute Gasteiger partial charge is 0.481 e. The third-order valence-electron chi connectivity index (χ3n) is 3.08. The van der Waals surface area contributed by atoms with Crippen LogP contribution in [0.5, 0.6) is 5.75 Å². The lowest BCUT2D eigenvalue weighted by Crippen LogP contribution is -2.09. The number of rotatable bonds is 5. The minimum Gasteiger partial charge on any atom is -0.481 e. The van der Waals surface area contributed by atoms with E-state index in [2.05, 4.69) is 5.16 Å². The first kappa shape index (κ1) is 13.9. The molecule has 0 fully saturated rings. The predicted molar refractivity (Wildman–Crippen MR) is 80.5 cm³/mol. The van der Waals surface area contributed by atoms with Gasteiger partial charge in [-0.15, -0.1) is 0 Å². The van der Waals surface area contributed by atoms with Gasteiger partial charge < -0.3 is 14.4 Å². The van der Waals surface area contributed by atoms with Crippen molar-refractivity contribution in [3.05, 3.63) is 60.7 Å². The predicted octanol–water partition coefficient (Wildman–Crippen LogP) is 3.47. The Bertz CT molecular complexity index is 780. The van der Waals surface area contributed by atoms with Gasteiger partial charge in [-0.1, -0.05) is 47.6 Å². The van der Waals surface area contributed by atoms with Crippen molar-refractivity contribution in [1.29, 1.82) is 0 Å². The van der Waals surface area contributed by atoms with Crippen LogP contribution in [0.3, 0.4) is 0 Å². The maximum Gasteiger partial charge on any atom is 0.341 e. The van der Waals surface area contributed by atoms with Gasteiger partial charge in [-0.3, -0.25) is 0 Å². The topological polar surface area (TPSA) is 72.6 Å². The first-order chi connectivity index (χ1) is 10.7. The summed E-state index contributed by atoms with van der Waals surface area (Å²) in [5.41, 5.74) is 2.21. The summed E-state index contributed by atoms with van der Waals surface area (Å²) in [7, 11) is 0. The van der Waals surface area contributed by atoms with E-state index in [4.69, 9.17) is 14.4 Å². The monoisotopic (exact) mass is 295 g/mol. The van der Waals surface area contributed by atoms with Crippen LogP contribution in [-0.2, 0) is 4.79 Å². The number of hydrogen-bond acceptors (Lipinski definition) is 4. The number of para-hydroxylation sites is 1. The zero-order chi connectivity index (χ0) is 15.4. The van der Waals surface area contributed by atoms with E-state index >= 15 is 0 Å². The van der Waals surface area contributed by atoms with Gasteiger partial charge in [0.2, 0.25) is 0 Å². The highest BCUT2D eigenvalue weighted by Crippen LogP contribution is 2.31. The lowest BCUT2D eigenvalue weighted by Gasteiger charge is -2.07. The van der Waals surface area contributed by atoms with Crippen LogP contribution in [-0.4, -0.2) is 22.8 Å². The number of carboxylic acids is 1. The number of nitrogens with zero attached hydrogens (tertiary/aromatic N) is 1. The summed E-state index contributed by atoms with van der Waals surface area (Å²) < 4.78 is 10.7. The van der Waals surface area contributed by atoms with E-state index in [1.807, 2.05) is 42.5 Å². The molecule has 5 nitrogen and oxygen atoms in total. The van der Waals surface area contributed by atoms with Crippen molar-refractivity contribution in [2.24, 2.45) is 0 Å². The van der Waals surface area contributed by atoms with Crippen molar-refractivity contribution >= 4 is 5.97 Å². The van der Waals surface area contributed by atoms with E-state index in [9.17, 15) is 4.79 Å². The fourth-order valence-electron chi connectivity index (χ4n) is 2.08. The molecule has 0 radical (unpaired) electrons. The Kier molecular flexibility index (Phi) is 3.87. The molecule has 0 atom stereocenters. The molecule has 0 saturated heterocycles. The number of ether oxygens (including phenoxy) is 1. The Balaban J connectivity index is 1.92. The third kappa shape index (κ3) is 2.98. The van der Waals surface area contributed by atoms with Gasteiger partial charge >= 0.3 is 5.97 Å². The van der Waals surface area contributed by atoms with Crippen molar-refractivity contribution in [3.63, 3.8) is 0 Å². The maximum atomic E-state index is 10.7. The molecule has 0 spiro atoms. The summed E-state index contributed by atoms with van der Waals surface area (Å²) in [4.78, 5) is 10.7. The molecule has 2 aromatic carbocycles. The van der Waals surface area contributed by atoms with Gasteiger partial charge in [0.1, 0.15) is 11.4 Å². The summed E-state index contributed by atoms with van der Waals surface area (Å²) in [6.07, 6.45) is 0. The molecule has 1 heterocycles. The van der Waals surface area contributed by atoms with Crippen molar-refractivity contribution in [2.45, 2.75) is 0 Å². The second-order valence-corrected chi connectivity index (χ2v) is 4.62. The lowest BCUT2D eigenvalue weighted by atomic mass is 10.1. The summed E-state index contributed by atoms with van der Waals surface area (Å²) in [5, 5.41) is 12.8. The molecule has 0 amide bonds. The molecule has 0 aliphatic carbocycles. The minimum atomic E-state index is -1.03. The van der Waals surface area contributed by atoms with Crippen LogP contribution < -0.4 is 4.74 Å². The van der Waals surface area contributed by atoms with Crippen molar-refractivity contribution in [2.75, 3.05) is 6.61 Å². The minimum absolute atomic E-state index is 0.402. The molecular weight excluding hydrogens is 282 g/mol. The molecule has 5 heteroatoms. The molecule has 0 saturated carbocycles. The molecule has 3 aromatic rings. The van der Waals surface area contributed by atoms with Crippen LogP contribution in [0.1, 0.15) is 0 Å². The van der Waals surface area contributed by atoms with E-state index < -0.39 is 12.6 Å². The van der Waals surface area contributed by atoms with Crippen LogP contribution in [0, 0.1) is 0 Å². The Hall–Kier alpha value is -3.08. The quantitative estimate of drug-likeness (QED) is 0.780. The van der Waals surface area contributed by atoms with Crippen LogP contribution in [0.4, 0.5) is 0 Å². The van der Waals surface area contributed by atoms with E-state index in [0.29, 0.717) is 22.8 Å². The van der Waals surface area contributed by atoms with Crippen molar-refractivity contribution < 1.29 is 19.2 Å². The van der Waals surface area contributed by atoms with E-state index in [1.54, 1.807) is 18.2 Å². The number of aromatic nitrogens is 1. The highest BCUT2D eigenvalue weighted by molar-refractivity contribution is 5.72. The molecule has 3 rings (SSSR count). The first-order valence-electron chi connectivity index (χ1n) is 6.70. The van der Waals surface area contributed by atoms with Gasteiger partial charge in [-0.05, 0) is 12.1 Å². The number of carboxylic acid groups (broad SMARTS) is 1. The summed E-state index contributed by atoms with van der Waals surface area (Å²) >= 11 is 0. The Morgan fingerprint density at radius 3 is 2.59 bits per heavy atom. The summed E-state index contributed by atoms with van der Waals surface area (Å²) in [6, 6.07) is 18.5. The molecule has 0 aliphatic rings. The van der Waals surface area contributed by atoms with Crippen molar-refractivity contribution in [1.82, 2.24) is 5.16 Å². The standard InChI is InChI=1S/C17H13NO4/c19-17(20)11-21-15-9-5-4-8-13(15)14-10-16(22-18-14)12-6-2-1-3-7-12/h1-10H,11H2,(H,19,20). The van der Waals surface area contributed by atoms with Crippen LogP contribution in [0.2, 0.25) is 0 Å². The highest BCUT2D eigenvalue weighted by atomic mass is 16.5. The molecule has 1 aromatic heterocycles. The second-order valence-electron chi connectivity index (χ2n) is 4.62. The smallest absolute Gasteiger partial charge is 0.341 e. The molecule has 110 valence electrons. The number of hydrogen-bond donors (Lipinski definition) is 1. The summed E-state index contributed by atoms with van der Waals surface area (Å²) in [5.74, 6) is 0.0707. The molecule has 0 aliphatic heterocycles. The van der Waals surface area contributed by atoms with Crippen LogP contribution in [0.25, 0.3) is 22.6 Å². The fourth-order valence-corrected chi connectivity index (χ4v) is 2.08. The van der Waals surface area contributed by atoms with Crippen LogP contribution >= 0.6 is 0 Å². The van der Waals surface area contributed by atoms with Gasteiger partial charge in [-0.25, -0.2) is 4.79 Å². The Morgan fingerprint density at radius 1 is 1.09 bits per heavy atom. The molecule has 0 unspecified atom stereocenters. The first-order valence-corrected chi connectivity index (χ1v) is 6.70. The zero-order valence-electron chi connectivity index (χ0n) is 11.6. The van der Waals surface area contributed by atoms with Gasteiger partial charge in [0, 0.05) is 17.2 Å². The van der Waals surface area contributed by atoms with E-state index in [0.717, 1.165) is 5.56 Å². The molecule has 1 N–H and O–H groups in total. The SMILES string of the molecule is O=C(O)COc1ccccc1-c1cc(-c2ccccc2)on1. The summed E-state index contributed by atoms with van der Waals surface area (Å²) in [6.45, 7) is -0.402. The number of carbonyl (C=O) groups is 1. The average molecular weight is 295 g/mol. The van der Waals surface area contributed by atoms with Gasteiger partial charge in [0.05, 0.1) is 0 Å². The second kappa shape index (κ2) is 6.13. The Morgan fingerprint density at radius 2 is 1.82 bits per heavy atom. The fraction of sp³-hybridized carbons (Fsp3) is 0.0588. The molecule has 0 bridgehead atoms. The van der Waals surface area contributed by atoms with E-state index in [1.165, 1.54) is 0 Å². The lowest BCUT2D eigenvalue weighted by molar-refractivity contribution is -0.139. The van der Waals surface area contributed by atoms with Gasteiger partial charge in [0.15, 0.2) is 12.4 Å².